The normalized spacial score (nSPS) is 12.5. The van der Waals surface area contributed by atoms with E-state index in [0.717, 1.165) is 20.4 Å². The molecule has 2 N–H and O–H groups in total. The molecule has 0 aliphatic carbocycles. The smallest absolute Gasteiger partial charge is 0.124 e. The molecule has 4 heteroatoms. The van der Waals surface area contributed by atoms with Gasteiger partial charge in [-0.3, -0.25) is 4.98 Å². The lowest BCUT2D eigenvalue weighted by Crippen LogP contribution is -2.13. The van der Waals surface area contributed by atoms with Crippen LogP contribution in [-0.4, -0.2) is 4.98 Å². The average molecular weight is 342 g/mol. The van der Waals surface area contributed by atoms with Gasteiger partial charge in [0.05, 0.1) is 6.04 Å². The van der Waals surface area contributed by atoms with Gasteiger partial charge in [-0.15, -0.1) is 0 Å². The van der Waals surface area contributed by atoms with E-state index in [0.29, 0.717) is 0 Å². The Hall–Kier alpha value is -1.01. The van der Waals surface area contributed by atoms with E-state index in [9.17, 15) is 4.39 Å². The monoisotopic (exact) mass is 342 g/mol. The molecule has 0 saturated carbocycles. The van der Waals surface area contributed by atoms with Crippen molar-refractivity contribution in [3.05, 3.63) is 62.7 Å². The Labute approximate surface area is 113 Å². The SMILES string of the molecule is Cc1ccc(C(N)c2ccc(F)cc2I)cn1. The molecule has 0 spiro atoms. The number of nitrogens with two attached hydrogens (primary N) is 1. The number of pyridine rings is 1. The fourth-order valence-electron chi connectivity index (χ4n) is 1.60. The third kappa shape index (κ3) is 2.81. The predicted molar refractivity (Wildman–Crippen MR) is 74.1 cm³/mol. The van der Waals surface area contributed by atoms with Gasteiger partial charge in [0.15, 0.2) is 0 Å². The summed E-state index contributed by atoms with van der Waals surface area (Å²) in [5.74, 6) is -0.243. The van der Waals surface area contributed by atoms with Crippen LogP contribution in [0.2, 0.25) is 0 Å². The minimum absolute atomic E-state index is 0.243. The van der Waals surface area contributed by atoms with E-state index in [2.05, 4.69) is 27.6 Å². The van der Waals surface area contributed by atoms with Crippen LogP contribution in [0.25, 0.3) is 0 Å². The highest BCUT2D eigenvalue weighted by Gasteiger charge is 2.12. The van der Waals surface area contributed by atoms with Crippen LogP contribution in [-0.2, 0) is 0 Å². The lowest BCUT2D eigenvalue weighted by Gasteiger charge is -2.14. The van der Waals surface area contributed by atoms with Crippen molar-refractivity contribution in [2.75, 3.05) is 0 Å². The number of hydrogen-bond acceptors (Lipinski definition) is 2. The predicted octanol–water partition coefficient (Wildman–Crippen LogP) is 3.18. The van der Waals surface area contributed by atoms with Gasteiger partial charge in [0.25, 0.3) is 0 Å². The van der Waals surface area contributed by atoms with Gasteiger partial charge < -0.3 is 5.73 Å². The van der Waals surface area contributed by atoms with E-state index < -0.39 is 0 Å². The van der Waals surface area contributed by atoms with Gasteiger partial charge in [-0.2, -0.15) is 0 Å². The van der Waals surface area contributed by atoms with Crippen molar-refractivity contribution >= 4 is 22.6 Å². The Morgan fingerprint density at radius 3 is 2.65 bits per heavy atom. The summed E-state index contributed by atoms with van der Waals surface area (Å²) in [5.41, 5.74) is 8.95. The molecule has 1 atom stereocenters. The number of hydrogen-bond donors (Lipinski definition) is 1. The Morgan fingerprint density at radius 1 is 1.29 bits per heavy atom. The molecule has 0 saturated heterocycles. The van der Waals surface area contributed by atoms with Gasteiger partial charge in [0, 0.05) is 15.5 Å². The number of aromatic nitrogens is 1. The largest absolute Gasteiger partial charge is 0.320 e. The summed E-state index contributed by atoms with van der Waals surface area (Å²) in [6.07, 6.45) is 1.76. The van der Waals surface area contributed by atoms with Gasteiger partial charge in [0.2, 0.25) is 0 Å². The third-order valence-corrected chi connectivity index (χ3v) is 3.53. The Kier molecular flexibility index (Phi) is 3.73. The molecule has 0 fully saturated rings. The molecular formula is C13H12FIN2. The molecule has 2 nitrogen and oxygen atoms in total. The molecule has 88 valence electrons. The summed E-state index contributed by atoms with van der Waals surface area (Å²) in [7, 11) is 0. The summed E-state index contributed by atoms with van der Waals surface area (Å²) in [4.78, 5) is 4.22. The zero-order valence-electron chi connectivity index (χ0n) is 9.32. The first kappa shape index (κ1) is 12.4. The Morgan fingerprint density at radius 2 is 2.06 bits per heavy atom. The van der Waals surface area contributed by atoms with Gasteiger partial charge in [-0.1, -0.05) is 12.1 Å². The third-order valence-electron chi connectivity index (χ3n) is 2.59. The zero-order valence-corrected chi connectivity index (χ0v) is 11.5. The van der Waals surface area contributed by atoms with Crippen molar-refractivity contribution in [3.8, 4) is 0 Å². The molecule has 0 bridgehead atoms. The van der Waals surface area contributed by atoms with Crippen molar-refractivity contribution in [1.29, 1.82) is 0 Å². The lowest BCUT2D eigenvalue weighted by atomic mass is 10.0. The molecule has 1 aromatic carbocycles. The summed E-state index contributed by atoms with van der Waals surface area (Å²) in [6.45, 7) is 1.93. The molecule has 1 aromatic heterocycles. The Bertz CT molecular complexity index is 525. The molecule has 17 heavy (non-hydrogen) atoms. The number of halogens is 2. The minimum atomic E-state index is -0.268. The standard InChI is InChI=1S/C13H12FIN2/c1-8-2-3-9(7-17-8)13(16)11-5-4-10(14)6-12(11)15/h2-7,13H,16H2,1H3. The second-order valence-electron chi connectivity index (χ2n) is 3.88. The first-order valence-electron chi connectivity index (χ1n) is 5.21. The highest BCUT2D eigenvalue weighted by Crippen LogP contribution is 2.24. The lowest BCUT2D eigenvalue weighted by molar-refractivity contribution is 0.625. The van der Waals surface area contributed by atoms with Gasteiger partial charge in [0.1, 0.15) is 5.82 Å². The van der Waals surface area contributed by atoms with Crippen LogP contribution in [0.4, 0.5) is 4.39 Å². The van der Waals surface area contributed by atoms with Gasteiger partial charge in [-0.05, 0) is 58.8 Å². The second-order valence-corrected chi connectivity index (χ2v) is 5.04. The summed E-state index contributed by atoms with van der Waals surface area (Å²) >= 11 is 2.09. The number of nitrogens with zero attached hydrogens (tertiary/aromatic N) is 1. The average Bonchev–Trinajstić information content (AvgIpc) is 2.29. The van der Waals surface area contributed by atoms with E-state index in [1.165, 1.54) is 12.1 Å². The number of rotatable bonds is 2. The number of aryl methyl sites for hydroxylation is 1. The van der Waals surface area contributed by atoms with Gasteiger partial charge in [-0.25, -0.2) is 4.39 Å². The van der Waals surface area contributed by atoms with Crippen molar-refractivity contribution in [1.82, 2.24) is 4.98 Å². The van der Waals surface area contributed by atoms with E-state index >= 15 is 0 Å². The van der Waals surface area contributed by atoms with Crippen LogP contribution in [0.1, 0.15) is 22.9 Å². The molecule has 0 amide bonds. The van der Waals surface area contributed by atoms with Crippen LogP contribution in [0.15, 0.2) is 36.5 Å². The molecule has 1 unspecified atom stereocenters. The van der Waals surface area contributed by atoms with Crippen molar-refractivity contribution in [3.63, 3.8) is 0 Å². The van der Waals surface area contributed by atoms with Gasteiger partial charge >= 0.3 is 0 Å². The van der Waals surface area contributed by atoms with Crippen molar-refractivity contribution < 1.29 is 4.39 Å². The molecule has 1 heterocycles. The van der Waals surface area contributed by atoms with E-state index in [4.69, 9.17) is 5.73 Å². The fraction of sp³-hybridized carbons (Fsp3) is 0.154. The van der Waals surface area contributed by atoms with E-state index in [1.54, 1.807) is 12.3 Å². The quantitative estimate of drug-likeness (QED) is 0.852. The van der Waals surface area contributed by atoms with Crippen LogP contribution in [0, 0.1) is 16.3 Å². The molecule has 0 aliphatic rings. The zero-order chi connectivity index (χ0) is 12.4. The van der Waals surface area contributed by atoms with Crippen molar-refractivity contribution in [2.24, 2.45) is 5.73 Å². The molecular weight excluding hydrogens is 330 g/mol. The molecule has 0 aliphatic heterocycles. The van der Waals surface area contributed by atoms with Crippen LogP contribution in [0.3, 0.4) is 0 Å². The minimum Gasteiger partial charge on any atom is -0.320 e. The van der Waals surface area contributed by atoms with Crippen LogP contribution < -0.4 is 5.73 Å². The topological polar surface area (TPSA) is 38.9 Å². The summed E-state index contributed by atoms with van der Waals surface area (Å²) in [6, 6.07) is 8.24. The number of benzene rings is 1. The maximum atomic E-state index is 13.0. The summed E-state index contributed by atoms with van der Waals surface area (Å²) in [5, 5.41) is 0. The molecule has 0 radical (unpaired) electrons. The first-order chi connectivity index (χ1) is 8.08. The maximum absolute atomic E-state index is 13.0. The van der Waals surface area contributed by atoms with Crippen LogP contribution in [0.5, 0.6) is 0 Å². The first-order valence-corrected chi connectivity index (χ1v) is 6.29. The maximum Gasteiger partial charge on any atom is 0.124 e. The van der Waals surface area contributed by atoms with E-state index in [1.807, 2.05) is 19.1 Å². The Balaban J connectivity index is 2.36. The summed E-state index contributed by atoms with van der Waals surface area (Å²) < 4.78 is 13.8. The van der Waals surface area contributed by atoms with Crippen molar-refractivity contribution in [2.45, 2.75) is 13.0 Å². The van der Waals surface area contributed by atoms with Crippen LogP contribution >= 0.6 is 22.6 Å². The fourth-order valence-corrected chi connectivity index (χ4v) is 2.41. The molecule has 2 rings (SSSR count). The highest BCUT2D eigenvalue weighted by atomic mass is 127. The van der Waals surface area contributed by atoms with E-state index in [-0.39, 0.29) is 11.9 Å². The molecule has 2 aromatic rings. The second kappa shape index (κ2) is 5.10. The highest BCUT2D eigenvalue weighted by molar-refractivity contribution is 14.1.